The molecule has 0 aromatic rings. The van der Waals surface area contributed by atoms with Crippen LogP contribution in [0.5, 0.6) is 0 Å². The van der Waals surface area contributed by atoms with Gasteiger partial charge in [0.1, 0.15) is 0 Å². The van der Waals surface area contributed by atoms with Crippen LogP contribution in [-0.2, 0) is 0 Å². The zero-order valence-electron chi connectivity index (χ0n) is 5.09. The first-order valence-electron chi connectivity index (χ1n) is 2.56. The predicted octanol–water partition coefficient (Wildman–Crippen LogP) is 2.00. The van der Waals surface area contributed by atoms with Crippen molar-refractivity contribution in [2.24, 2.45) is 5.92 Å². The van der Waals surface area contributed by atoms with Gasteiger partial charge in [-0.25, -0.2) is 0 Å². The molecule has 1 atom stereocenters. The minimum atomic E-state index is 0.230. The van der Waals surface area contributed by atoms with Crippen LogP contribution in [-0.4, -0.2) is 0 Å². The number of allylic oxidation sites excluding steroid dienone is 3. The Balaban J connectivity index is 3.56. The van der Waals surface area contributed by atoms with Crippen molar-refractivity contribution < 1.29 is 0 Å². The Morgan fingerprint density at radius 2 is 2.38 bits per heavy atom. The van der Waals surface area contributed by atoms with Crippen LogP contribution in [0.4, 0.5) is 0 Å². The highest BCUT2D eigenvalue weighted by atomic mass is 13.9. The molecule has 0 aliphatic carbocycles. The van der Waals surface area contributed by atoms with Crippen LogP contribution in [0.1, 0.15) is 6.92 Å². The van der Waals surface area contributed by atoms with E-state index in [1.165, 1.54) is 0 Å². The van der Waals surface area contributed by atoms with Crippen molar-refractivity contribution in [3.63, 3.8) is 0 Å². The molecule has 0 spiro atoms. The molecule has 0 aliphatic rings. The van der Waals surface area contributed by atoms with Crippen LogP contribution in [0.15, 0.2) is 24.8 Å². The second kappa shape index (κ2) is 4.21. The molecular weight excluding hydrogens is 96.1 g/mol. The van der Waals surface area contributed by atoms with Gasteiger partial charge in [0.2, 0.25) is 0 Å². The van der Waals surface area contributed by atoms with Crippen molar-refractivity contribution in [1.29, 1.82) is 0 Å². The Bertz CT molecular complexity index is 123. The van der Waals surface area contributed by atoms with Crippen LogP contribution >= 0.6 is 0 Å². The third-order valence-corrected chi connectivity index (χ3v) is 0.799. The fourth-order valence-electron chi connectivity index (χ4n) is 0.301. The molecule has 0 nitrogen and oxygen atoms in total. The van der Waals surface area contributed by atoms with Crippen molar-refractivity contribution >= 4 is 0 Å². The van der Waals surface area contributed by atoms with Gasteiger partial charge < -0.3 is 0 Å². The maximum absolute atomic E-state index is 5.08. The van der Waals surface area contributed by atoms with Gasteiger partial charge in [-0.2, -0.15) is 0 Å². The van der Waals surface area contributed by atoms with Gasteiger partial charge in [0, 0.05) is 5.92 Å². The first kappa shape index (κ1) is 7.04. The number of terminal acetylenes is 1. The summed E-state index contributed by atoms with van der Waals surface area (Å²) in [7, 11) is 0. The third kappa shape index (κ3) is 3.24. The van der Waals surface area contributed by atoms with Crippen LogP contribution in [0, 0.1) is 18.3 Å². The largest absolute Gasteiger partial charge is 0.119 e. The standard InChI is InChI=1S/C8H10/c1-4-6-7-8(3)5-2/h2,4,6-8H,1H2,3H3/b7-6-. The Labute approximate surface area is 50.9 Å². The van der Waals surface area contributed by atoms with E-state index in [1.54, 1.807) is 6.08 Å². The van der Waals surface area contributed by atoms with Gasteiger partial charge in [0.15, 0.2) is 0 Å². The fourth-order valence-corrected chi connectivity index (χ4v) is 0.301. The molecule has 8 heavy (non-hydrogen) atoms. The Hall–Kier alpha value is -0.960. The van der Waals surface area contributed by atoms with Crippen LogP contribution < -0.4 is 0 Å². The SMILES string of the molecule is C#CC(C)/C=C\C=C. The Morgan fingerprint density at radius 3 is 2.75 bits per heavy atom. The van der Waals surface area contributed by atoms with E-state index < -0.39 is 0 Å². The van der Waals surface area contributed by atoms with Gasteiger partial charge in [0.25, 0.3) is 0 Å². The molecule has 0 aromatic carbocycles. The molecule has 0 aliphatic heterocycles. The Kier molecular flexibility index (Phi) is 3.70. The van der Waals surface area contributed by atoms with Crippen molar-refractivity contribution in [2.75, 3.05) is 0 Å². The molecule has 0 saturated carbocycles. The van der Waals surface area contributed by atoms with Crippen LogP contribution in [0.2, 0.25) is 0 Å². The summed E-state index contributed by atoms with van der Waals surface area (Å²) in [4.78, 5) is 0. The maximum atomic E-state index is 5.08. The number of hydrogen-bond acceptors (Lipinski definition) is 0. The normalized spacial score (nSPS) is 13.0. The second-order valence-corrected chi connectivity index (χ2v) is 1.58. The van der Waals surface area contributed by atoms with Crippen molar-refractivity contribution in [2.45, 2.75) is 6.92 Å². The minimum Gasteiger partial charge on any atom is -0.119 e. The zero-order chi connectivity index (χ0) is 6.41. The quantitative estimate of drug-likeness (QED) is 0.373. The highest BCUT2D eigenvalue weighted by Gasteiger charge is 1.82. The molecule has 0 saturated heterocycles. The summed E-state index contributed by atoms with van der Waals surface area (Å²) in [6.45, 7) is 5.47. The molecule has 0 rings (SSSR count). The van der Waals surface area contributed by atoms with E-state index in [1.807, 2.05) is 19.1 Å². The fraction of sp³-hybridized carbons (Fsp3) is 0.250. The highest BCUT2D eigenvalue weighted by Crippen LogP contribution is 1.92. The number of rotatable bonds is 2. The lowest BCUT2D eigenvalue weighted by Crippen LogP contribution is -1.78. The van der Waals surface area contributed by atoms with E-state index >= 15 is 0 Å². The van der Waals surface area contributed by atoms with Gasteiger partial charge in [-0.1, -0.05) is 30.7 Å². The van der Waals surface area contributed by atoms with Crippen LogP contribution in [0.3, 0.4) is 0 Å². The molecule has 0 amide bonds. The van der Waals surface area contributed by atoms with Gasteiger partial charge >= 0.3 is 0 Å². The topological polar surface area (TPSA) is 0 Å². The van der Waals surface area contributed by atoms with Crippen molar-refractivity contribution in [1.82, 2.24) is 0 Å². The third-order valence-electron chi connectivity index (χ3n) is 0.799. The summed E-state index contributed by atoms with van der Waals surface area (Å²) in [5.41, 5.74) is 0. The maximum Gasteiger partial charge on any atom is 0.0354 e. The summed E-state index contributed by atoms with van der Waals surface area (Å²) in [5, 5.41) is 0. The average molecular weight is 106 g/mol. The molecule has 0 radical (unpaired) electrons. The van der Waals surface area contributed by atoms with E-state index in [9.17, 15) is 0 Å². The van der Waals surface area contributed by atoms with E-state index in [0.29, 0.717) is 0 Å². The molecule has 0 bridgehead atoms. The zero-order valence-corrected chi connectivity index (χ0v) is 5.09. The van der Waals surface area contributed by atoms with E-state index in [-0.39, 0.29) is 5.92 Å². The highest BCUT2D eigenvalue weighted by molar-refractivity contribution is 5.07. The molecule has 0 N–H and O–H groups in total. The number of hydrogen-bond donors (Lipinski definition) is 0. The monoisotopic (exact) mass is 106 g/mol. The molecular formula is C8H10. The lowest BCUT2D eigenvalue weighted by molar-refractivity contribution is 0.982. The molecule has 0 aromatic heterocycles. The molecule has 1 unspecified atom stereocenters. The molecule has 42 valence electrons. The average Bonchev–Trinajstić information content (AvgIpc) is 1.83. The summed E-state index contributed by atoms with van der Waals surface area (Å²) in [6.07, 6.45) is 10.6. The van der Waals surface area contributed by atoms with Crippen LogP contribution in [0.25, 0.3) is 0 Å². The lowest BCUT2D eigenvalue weighted by Gasteiger charge is -1.87. The van der Waals surface area contributed by atoms with E-state index in [4.69, 9.17) is 6.42 Å². The second-order valence-electron chi connectivity index (χ2n) is 1.58. The van der Waals surface area contributed by atoms with E-state index in [0.717, 1.165) is 0 Å². The van der Waals surface area contributed by atoms with Gasteiger partial charge in [-0.05, 0) is 6.92 Å². The summed E-state index contributed by atoms with van der Waals surface area (Å²) < 4.78 is 0. The van der Waals surface area contributed by atoms with Crippen molar-refractivity contribution in [3.05, 3.63) is 24.8 Å². The van der Waals surface area contributed by atoms with E-state index in [2.05, 4.69) is 12.5 Å². The smallest absolute Gasteiger partial charge is 0.0354 e. The molecule has 0 heterocycles. The molecule has 0 heteroatoms. The summed E-state index contributed by atoms with van der Waals surface area (Å²) >= 11 is 0. The van der Waals surface area contributed by atoms with Gasteiger partial charge in [-0.3, -0.25) is 0 Å². The summed E-state index contributed by atoms with van der Waals surface area (Å²) in [6, 6.07) is 0. The minimum absolute atomic E-state index is 0.230. The molecule has 0 fully saturated rings. The van der Waals surface area contributed by atoms with Crippen molar-refractivity contribution in [3.8, 4) is 12.3 Å². The van der Waals surface area contributed by atoms with Gasteiger partial charge in [-0.15, -0.1) is 6.42 Å². The summed E-state index contributed by atoms with van der Waals surface area (Å²) in [5.74, 6) is 2.79. The first-order valence-corrected chi connectivity index (χ1v) is 2.56. The predicted molar refractivity (Wildman–Crippen MR) is 37.3 cm³/mol. The lowest BCUT2D eigenvalue weighted by atomic mass is 10.2. The van der Waals surface area contributed by atoms with Gasteiger partial charge in [0.05, 0.1) is 0 Å². The first-order chi connectivity index (χ1) is 3.81. The Morgan fingerprint density at radius 1 is 1.75 bits per heavy atom.